The van der Waals surface area contributed by atoms with Gasteiger partial charge in [0.1, 0.15) is 4.60 Å². The molecule has 0 fully saturated rings. The lowest BCUT2D eigenvalue weighted by atomic mass is 10.1. The van der Waals surface area contributed by atoms with Crippen LogP contribution in [-0.2, 0) is 0 Å². The highest BCUT2D eigenvalue weighted by molar-refractivity contribution is 9.10. The summed E-state index contributed by atoms with van der Waals surface area (Å²) in [5.74, 6) is -0.693. The molecule has 0 radical (unpaired) electrons. The third-order valence-electron chi connectivity index (χ3n) is 3.16. The fourth-order valence-corrected chi connectivity index (χ4v) is 2.55. The summed E-state index contributed by atoms with van der Waals surface area (Å²) in [6.45, 7) is 3.39. The van der Waals surface area contributed by atoms with Crippen LogP contribution in [0.3, 0.4) is 0 Å². The van der Waals surface area contributed by atoms with Gasteiger partial charge in [0, 0.05) is 17.4 Å². The zero-order valence-electron chi connectivity index (χ0n) is 11.8. The molecule has 21 heavy (non-hydrogen) atoms. The molecule has 0 aliphatic heterocycles. The lowest BCUT2D eigenvalue weighted by Gasteiger charge is -2.13. The van der Waals surface area contributed by atoms with E-state index in [0.29, 0.717) is 21.4 Å². The number of carbonyl (C=O) groups is 1. The van der Waals surface area contributed by atoms with Gasteiger partial charge in [-0.1, -0.05) is 0 Å². The maximum atomic E-state index is 14.0. The molecule has 0 bridgehead atoms. The molecule has 0 saturated carbocycles. The maximum absolute atomic E-state index is 14.0. The number of methoxy groups -OCH3 is 1. The van der Waals surface area contributed by atoms with Crippen molar-refractivity contribution < 1.29 is 13.9 Å². The Bertz CT molecular complexity index is 684. The second-order valence-electron chi connectivity index (χ2n) is 4.50. The average molecular weight is 353 g/mol. The van der Waals surface area contributed by atoms with E-state index in [1.807, 2.05) is 6.92 Å². The molecule has 0 unspecified atom stereocenters. The van der Waals surface area contributed by atoms with Crippen LogP contribution in [0.2, 0.25) is 0 Å². The summed E-state index contributed by atoms with van der Waals surface area (Å²) in [7, 11) is 1.40. The molecule has 1 heterocycles. The molecule has 2 rings (SSSR count). The zero-order chi connectivity index (χ0) is 15.6. The first-order valence-corrected chi connectivity index (χ1v) is 7.00. The number of ether oxygens (including phenoxy) is 1. The van der Waals surface area contributed by atoms with Gasteiger partial charge in [0.25, 0.3) is 5.91 Å². The van der Waals surface area contributed by atoms with Crippen LogP contribution in [0.4, 0.5) is 10.1 Å². The van der Waals surface area contributed by atoms with Crippen molar-refractivity contribution in [2.24, 2.45) is 0 Å². The normalized spacial score (nSPS) is 10.3. The average Bonchev–Trinajstić information content (AvgIpc) is 2.44. The number of anilines is 1. The first-order valence-electron chi connectivity index (χ1n) is 6.21. The summed E-state index contributed by atoms with van der Waals surface area (Å²) in [6.07, 6.45) is 1.61. The molecule has 110 valence electrons. The highest BCUT2D eigenvalue weighted by Gasteiger charge is 2.17. The van der Waals surface area contributed by atoms with Gasteiger partial charge in [0.2, 0.25) is 0 Å². The van der Waals surface area contributed by atoms with Gasteiger partial charge in [-0.15, -0.1) is 0 Å². The van der Waals surface area contributed by atoms with Crippen molar-refractivity contribution in [1.29, 1.82) is 0 Å². The first kappa shape index (κ1) is 15.4. The summed E-state index contributed by atoms with van der Waals surface area (Å²) in [6, 6.07) is 4.82. The standard InChI is InChI=1S/C15H14BrFN2O2/c1-8-6-7-18-14(16)12(8)15(20)19-10-4-5-11(21-3)13(17)9(10)2/h4-7H,1-3H3,(H,19,20). The number of hydrogen-bond acceptors (Lipinski definition) is 3. The highest BCUT2D eigenvalue weighted by Crippen LogP contribution is 2.27. The molecule has 0 atom stereocenters. The Morgan fingerprint density at radius 1 is 1.33 bits per heavy atom. The summed E-state index contributed by atoms with van der Waals surface area (Å²) >= 11 is 3.25. The van der Waals surface area contributed by atoms with Crippen LogP contribution in [-0.4, -0.2) is 18.0 Å². The summed E-state index contributed by atoms with van der Waals surface area (Å²) < 4.78 is 19.3. The summed E-state index contributed by atoms with van der Waals surface area (Å²) in [5.41, 5.74) is 1.92. The molecule has 0 aliphatic carbocycles. The third kappa shape index (κ3) is 3.05. The topological polar surface area (TPSA) is 51.2 Å². The van der Waals surface area contributed by atoms with E-state index in [0.717, 1.165) is 5.56 Å². The van der Waals surface area contributed by atoms with Crippen molar-refractivity contribution in [3.63, 3.8) is 0 Å². The SMILES string of the molecule is COc1ccc(NC(=O)c2c(C)ccnc2Br)c(C)c1F. The quantitative estimate of drug-likeness (QED) is 0.853. The third-order valence-corrected chi connectivity index (χ3v) is 3.76. The fraction of sp³-hybridized carbons (Fsp3) is 0.200. The Morgan fingerprint density at radius 3 is 2.67 bits per heavy atom. The van der Waals surface area contributed by atoms with Crippen molar-refractivity contribution in [1.82, 2.24) is 4.98 Å². The number of nitrogens with one attached hydrogen (secondary N) is 1. The fourth-order valence-electron chi connectivity index (χ4n) is 1.94. The lowest BCUT2D eigenvalue weighted by Crippen LogP contribution is -2.16. The Labute approximate surface area is 130 Å². The number of halogens is 2. The Morgan fingerprint density at radius 2 is 2.05 bits per heavy atom. The molecule has 6 heteroatoms. The molecule has 1 aromatic carbocycles. The largest absolute Gasteiger partial charge is 0.494 e. The van der Waals surface area contributed by atoms with Crippen LogP contribution in [0.15, 0.2) is 29.0 Å². The minimum Gasteiger partial charge on any atom is -0.494 e. The first-order chi connectivity index (χ1) is 9.95. The van der Waals surface area contributed by atoms with Crippen LogP contribution in [0, 0.1) is 19.7 Å². The molecule has 2 aromatic rings. The lowest BCUT2D eigenvalue weighted by molar-refractivity contribution is 0.102. The second-order valence-corrected chi connectivity index (χ2v) is 5.25. The van der Waals surface area contributed by atoms with Gasteiger partial charge < -0.3 is 10.1 Å². The maximum Gasteiger partial charge on any atom is 0.258 e. The van der Waals surface area contributed by atoms with Gasteiger partial charge >= 0.3 is 0 Å². The summed E-state index contributed by atoms with van der Waals surface area (Å²) in [5, 5.41) is 2.70. The predicted octanol–water partition coefficient (Wildman–Crippen LogP) is 3.86. The molecule has 4 nitrogen and oxygen atoms in total. The van der Waals surface area contributed by atoms with Crippen LogP contribution < -0.4 is 10.1 Å². The van der Waals surface area contributed by atoms with E-state index in [-0.39, 0.29) is 11.7 Å². The van der Waals surface area contributed by atoms with E-state index in [9.17, 15) is 9.18 Å². The predicted molar refractivity (Wildman–Crippen MR) is 82.3 cm³/mol. The van der Waals surface area contributed by atoms with Gasteiger partial charge in [0.15, 0.2) is 11.6 Å². The van der Waals surface area contributed by atoms with Crippen molar-refractivity contribution in [2.45, 2.75) is 13.8 Å². The number of aryl methyl sites for hydroxylation is 1. The Kier molecular flexibility index (Phi) is 4.57. The Hall–Kier alpha value is -1.95. The molecule has 0 aliphatic rings. The van der Waals surface area contributed by atoms with Crippen molar-refractivity contribution in [3.05, 3.63) is 51.5 Å². The number of aromatic nitrogens is 1. The molecule has 1 amide bonds. The Balaban J connectivity index is 2.35. The molecule has 0 spiro atoms. The van der Waals surface area contributed by atoms with Crippen LogP contribution >= 0.6 is 15.9 Å². The molecule has 0 saturated heterocycles. The van der Waals surface area contributed by atoms with Crippen LogP contribution in [0.5, 0.6) is 5.75 Å². The number of pyridine rings is 1. The zero-order valence-corrected chi connectivity index (χ0v) is 13.4. The second kappa shape index (κ2) is 6.22. The number of hydrogen-bond donors (Lipinski definition) is 1. The van der Waals surface area contributed by atoms with Crippen molar-refractivity contribution in [3.8, 4) is 5.75 Å². The van der Waals surface area contributed by atoms with Crippen LogP contribution in [0.25, 0.3) is 0 Å². The number of rotatable bonds is 3. The van der Waals surface area contributed by atoms with Gasteiger partial charge in [0.05, 0.1) is 12.7 Å². The monoisotopic (exact) mass is 352 g/mol. The van der Waals surface area contributed by atoms with E-state index in [2.05, 4.69) is 26.2 Å². The van der Waals surface area contributed by atoms with Gasteiger partial charge in [-0.2, -0.15) is 0 Å². The van der Waals surface area contributed by atoms with E-state index in [4.69, 9.17) is 4.74 Å². The number of amides is 1. The van der Waals surface area contributed by atoms with E-state index in [1.54, 1.807) is 25.3 Å². The molecular weight excluding hydrogens is 339 g/mol. The van der Waals surface area contributed by atoms with E-state index >= 15 is 0 Å². The van der Waals surface area contributed by atoms with Gasteiger partial charge in [-0.3, -0.25) is 4.79 Å². The van der Waals surface area contributed by atoms with Gasteiger partial charge in [-0.25, -0.2) is 9.37 Å². The number of nitrogens with zero attached hydrogens (tertiary/aromatic N) is 1. The van der Waals surface area contributed by atoms with E-state index < -0.39 is 5.82 Å². The smallest absolute Gasteiger partial charge is 0.258 e. The highest BCUT2D eigenvalue weighted by atomic mass is 79.9. The number of carbonyl (C=O) groups excluding carboxylic acids is 1. The minimum atomic E-state index is -0.489. The van der Waals surface area contributed by atoms with E-state index in [1.165, 1.54) is 13.2 Å². The molecule has 1 N–H and O–H groups in total. The number of benzene rings is 1. The van der Waals surface area contributed by atoms with Gasteiger partial charge in [-0.05, 0) is 53.5 Å². The molecule has 1 aromatic heterocycles. The van der Waals surface area contributed by atoms with Crippen LogP contribution in [0.1, 0.15) is 21.5 Å². The summed E-state index contributed by atoms with van der Waals surface area (Å²) in [4.78, 5) is 16.4. The molecular formula is C15H14BrFN2O2. The van der Waals surface area contributed by atoms with Crippen molar-refractivity contribution in [2.75, 3.05) is 12.4 Å². The van der Waals surface area contributed by atoms with Crippen molar-refractivity contribution >= 4 is 27.5 Å². The minimum absolute atomic E-state index is 0.143.